The van der Waals surface area contributed by atoms with Crippen molar-refractivity contribution < 1.29 is 19.1 Å². The first-order valence-corrected chi connectivity index (χ1v) is 11.3. The second kappa shape index (κ2) is 11.0. The molecule has 0 bridgehead atoms. The number of aryl methyl sites for hydroxylation is 1. The number of halogens is 1. The summed E-state index contributed by atoms with van der Waals surface area (Å²) in [6.07, 6.45) is 0. The lowest BCUT2D eigenvalue weighted by molar-refractivity contribution is -0.119. The highest BCUT2D eigenvalue weighted by molar-refractivity contribution is 6.31. The number of amides is 2. The van der Waals surface area contributed by atoms with Gasteiger partial charge in [0.05, 0.1) is 27.7 Å². The third-order valence-corrected chi connectivity index (χ3v) is 5.88. The van der Waals surface area contributed by atoms with Crippen molar-refractivity contribution in [3.8, 4) is 5.69 Å². The highest BCUT2D eigenvalue weighted by Crippen LogP contribution is 2.22. The van der Waals surface area contributed by atoms with Crippen LogP contribution in [0, 0.1) is 13.8 Å². The molecule has 9 heteroatoms. The van der Waals surface area contributed by atoms with Gasteiger partial charge < -0.3 is 15.0 Å². The molecular weight excluding hydrogens is 456 g/mol. The molecule has 0 aliphatic carbocycles. The van der Waals surface area contributed by atoms with E-state index in [4.69, 9.17) is 16.3 Å². The molecule has 0 saturated heterocycles. The maximum Gasteiger partial charge on any atom is 0.338 e. The van der Waals surface area contributed by atoms with Crippen LogP contribution in [0.3, 0.4) is 0 Å². The quantitative estimate of drug-likeness (QED) is 0.480. The number of aromatic nitrogens is 2. The summed E-state index contributed by atoms with van der Waals surface area (Å²) >= 11 is 6.20. The van der Waals surface area contributed by atoms with E-state index >= 15 is 0 Å². The van der Waals surface area contributed by atoms with Gasteiger partial charge in [0.1, 0.15) is 0 Å². The summed E-state index contributed by atoms with van der Waals surface area (Å²) in [5, 5.41) is 7.63. The van der Waals surface area contributed by atoms with E-state index in [0.29, 0.717) is 34.9 Å². The van der Waals surface area contributed by atoms with Crippen molar-refractivity contribution in [2.75, 3.05) is 25.0 Å². The molecule has 178 valence electrons. The number of anilines is 1. The molecule has 0 spiro atoms. The van der Waals surface area contributed by atoms with Gasteiger partial charge in [0.25, 0.3) is 11.8 Å². The number of hydrogen-bond acceptors (Lipinski definition) is 5. The zero-order valence-electron chi connectivity index (χ0n) is 19.6. The van der Waals surface area contributed by atoms with E-state index in [1.165, 1.54) is 0 Å². The molecular formula is C25H27ClN4O4. The Morgan fingerprint density at radius 2 is 1.71 bits per heavy atom. The van der Waals surface area contributed by atoms with E-state index in [1.54, 1.807) is 58.1 Å². The minimum absolute atomic E-state index is 0.112. The van der Waals surface area contributed by atoms with Gasteiger partial charge in [0.2, 0.25) is 0 Å². The Morgan fingerprint density at radius 1 is 1.03 bits per heavy atom. The summed E-state index contributed by atoms with van der Waals surface area (Å²) in [6.45, 7) is 8.23. The zero-order chi connectivity index (χ0) is 24.8. The van der Waals surface area contributed by atoms with Crippen molar-refractivity contribution in [2.45, 2.75) is 27.7 Å². The van der Waals surface area contributed by atoms with Crippen molar-refractivity contribution in [1.29, 1.82) is 0 Å². The molecule has 0 aliphatic heterocycles. The molecule has 0 saturated carbocycles. The van der Waals surface area contributed by atoms with Gasteiger partial charge in [0, 0.05) is 24.3 Å². The molecule has 0 unspecified atom stereocenters. The molecule has 8 nitrogen and oxygen atoms in total. The summed E-state index contributed by atoms with van der Waals surface area (Å²) < 4.78 is 6.83. The standard InChI is InChI=1S/C25H27ClN4O4/c1-5-29(6-2)24(32)19-8-7-9-20(14-19)27-22(31)15-34-25(33)18-10-12-21(13-11-18)30-17(4)23(26)16(3)28-30/h7-14H,5-6,15H2,1-4H3,(H,27,31). The van der Waals surface area contributed by atoms with E-state index in [2.05, 4.69) is 10.4 Å². The van der Waals surface area contributed by atoms with E-state index in [0.717, 1.165) is 17.1 Å². The summed E-state index contributed by atoms with van der Waals surface area (Å²) in [5.41, 5.74) is 3.50. The Hall–Kier alpha value is -3.65. The Kier molecular flexibility index (Phi) is 8.07. The lowest BCUT2D eigenvalue weighted by atomic mass is 10.1. The highest BCUT2D eigenvalue weighted by Gasteiger charge is 2.15. The minimum Gasteiger partial charge on any atom is -0.452 e. The number of rotatable bonds is 8. The average Bonchev–Trinajstić information content (AvgIpc) is 3.10. The number of ether oxygens (including phenoxy) is 1. The van der Waals surface area contributed by atoms with Gasteiger partial charge in [-0.25, -0.2) is 9.48 Å². The van der Waals surface area contributed by atoms with E-state index in [-0.39, 0.29) is 5.91 Å². The number of esters is 1. The predicted octanol–water partition coefficient (Wildman–Crippen LogP) is 4.42. The number of nitrogens with one attached hydrogen (secondary N) is 1. The van der Waals surface area contributed by atoms with E-state index < -0.39 is 18.5 Å². The first-order chi connectivity index (χ1) is 16.2. The SMILES string of the molecule is CCN(CC)C(=O)c1cccc(NC(=O)COC(=O)c2ccc(-n3nc(C)c(Cl)c3C)cc2)c1. The fraction of sp³-hybridized carbons (Fsp3) is 0.280. The molecule has 3 rings (SSSR count). The molecule has 0 radical (unpaired) electrons. The first-order valence-electron chi connectivity index (χ1n) is 10.9. The second-order valence-electron chi connectivity index (χ2n) is 7.63. The fourth-order valence-electron chi connectivity index (χ4n) is 3.45. The molecule has 0 atom stereocenters. The maximum atomic E-state index is 12.5. The van der Waals surface area contributed by atoms with E-state index in [1.807, 2.05) is 27.7 Å². The van der Waals surface area contributed by atoms with Crippen molar-refractivity contribution >= 4 is 35.1 Å². The fourth-order valence-corrected chi connectivity index (χ4v) is 3.57. The third kappa shape index (κ3) is 5.63. The number of nitrogens with zero attached hydrogens (tertiary/aromatic N) is 3. The largest absolute Gasteiger partial charge is 0.452 e. The van der Waals surface area contributed by atoms with Crippen LogP contribution in [0.5, 0.6) is 0 Å². The van der Waals surface area contributed by atoms with Crippen LogP contribution in [0.1, 0.15) is 46.0 Å². The van der Waals surface area contributed by atoms with Crippen LogP contribution in [0.15, 0.2) is 48.5 Å². The Bertz CT molecular complexity index is 1200. The van der Waals surface area contributed by atoms with Crippen LogP contribution < -0.4 is 5.32 Å². The van der Waals surface area contributed by atoms with Crippen molar-refractivity contribution in [3.63, 3.8) is 0 Å². The first kappa shape index (κ1) is 25.0. The summed E-state index contributed by atoms with van der Waals surface area (Å²) in [6, 6.07) is 13.3. The molecule has 3 aromatic rings. The summed E-state index contributed by atoms with van der Waals surface area (Å²) in [4.78, 5) is 38.8. The Morgan fingerprint density at radius 3 is 2.29 bits per heavy atom. The zero-order valence-corrected chi connectivity index (χ0v) is 20.3. The van der Waals surface area contributed by atoms with Gasteiger partial charge in [-0.1, -0.05) is 17.7 Å². The molecule has 2 amide bonds. The van der Waals surface area contributed by atoms with Crippen LogP contribution in [0.2, 0.25) is 5.02 Å². The average molecular weight is 483 g/mol. The van der Waals surface area contributed by atoms with E-state index in [9.17, 15) is 14.4 Å². The summed E-state index contributed by atoms with van der Waals surface area (Å²) in [5.74, 6) is -1.24. The number of carbonyl (C=O) groups excluding carboxylic acids is 3. The number of hydrogen-bond donors (Lipinski definition) is 1. The van der Waals surface area contributed by atoms with Crippen LogP contribution in [-0.2, 0) is 9.53 Å². The van der Waals surface area contributed by atoms with Gasteiger partial charge in [-0.05, 0) is 70.2 Å². The smallest absolute Gasteiger partial charge is 0.338 e. The van der Waals surface area contributed by atoms with Crippen LogP contribution >= 0.6 is 11.6 Å². The maximum absolute atomic E-state index is 12.5. The minimum atomic E-state index is -0.626. The molecule has 1 heterocycles. The predicted molar refractivity (Wildman–Crippen MR) is 131 cm³/mol. The van der Waals surface area contributed by atoms with Gasteiger partial charge in [-0.15, -0.1) is 0 Å². The molecule has 34 heavy (non-hydrogen) atoms. The second-order valence-corrected chi connectivity index (χ2v) is 8.00. The summed E-state index contributed by atoms with van der Waals surface area (Å²) in [7, 11) is 0. The normalized spacial score (nSPS) is 10.6. The number of carbonyl (C=O) groups is 3. The topological polar surface area (TPSA) is 93.5 Å². The third-order valence-electron chi connectivity index (χ3n) is 5.33. The monoisotopic (exact) mass is 482 g/mol. The van der Waals surface area contributed by atoms with Crippen molar-refractivity contribution in [2.24, 2.45) is 0 Å². The van der Waals surface area contributed by atoms with Crippen LogP contribution in [-0.4, -0.2) is 52.2 Å². The van der Waals surface area contributed by atoms with Crippen molar-refractivity contribution in [1.82, 2.24) is 14.7 Å². The Labute approximate surface area is 203 Å². The lowest BCUT2D eigenvalue weighted by Gasteiger charge is -2.19. The van der Waals surface area contributed by atoms with Crippen molar-refractivity contribution in [3.05, 3.63) is 76.1 Å². The van der Waals surface area contributed by atoms with Gasteiger partial charge in [-0.2, -0.15) is 5.10 Å². The van der Waals surface area contributed by atoms with Gasteiger partial charge in [0.15, 0.2) is 6.61 Å². The lowest BCUT2D eigenvalue weighted by Crippen LogP contribution is -2.30. The molecule has 0 aliphatic rings. The van der Waals surface area contributed by atoms with Crippen LogP contribution in [0.25, 0.3) is 5.69 Å². The van der Waals surface area contributed by atoms with Gasteiger partial charge >= 0.3 is 5.97 Å². The Balaban J connectivity index is 1.58. The molecule has 1 N–H and O–H groups in total. The van der Waals surface area contributed by atoms with Gasteiger partial charge in [-0.3, -0.25) is 9.59 Å². The molecule has 0 fully saturated rings. The highest BCUT2D eigenvalue weighted by atomic mass is 35.5. The number of benzene rings is 2. The molecule has 1 aromatic heterocycles. The van der Waals surface area contributed by atoms with Crippen LogP contribution in [0.4, 0.5) is 5.69 Å². The molecule has 2 aromatic carbocycles.